The van der Waals surface area contributed by atoms with E-state index in [9.17, 15) is 0 Å². The lowest BCUT2D eigenvalue weighted by Gasteiger charge is -2.33. The van der Waals surface area contributed by atoms with E-state index in [-0.39, 0.29) is 12.2 Å². The zero-order chi connectivity index (χ0) is 20.4. The highest BCUT2D eigenvalue weighted by atomic mass is 16.5. The molecule has 5 nitrogen and oxygen atoms in total. The Hall–Kier alpha value is -2.11. The van der Waals surface area contributed by atoms with Crippen LogP contribution in [0.2, 0.25) is 0 Å². The van der Waals surface area contributed by atoms with Crippen molar-refractivity contribution in [3.63, 3.8) is 0 Å². The standard InChI is InChI=1S/C23H33N3O2/c1-14(2)26(15(3)4)18-10-8-17(9-11-18)23-24-13-20(25-23)22(16(5)27-6)19-12-21(19)28-7/h8-11,13-16,21H,12H2,1-7H3,(H,24,25). The molecule has 3 rings (SSSR count). The van der Waals surface area contributed by atoms with Crippen LogP contribution in [0.3, 0.4) is 0 Å². The Kier molecular flexibility index (Phi) is 6.26. The molecule has 152 valence electrons. The molecule has 2 aromatic rings. The van der Waals surface area contributed by atoms with Crippen molar-refractivity contribution in [1.82, 2.24) is 9.97 Å². The first-order valence-corrected chi connectivity index (χ1v) is 10.1. The second kappa shape index (κ2) is 8.50. The summed E-state index contributed by atoms with van der Waals surface area (Å²) in [4.78, 5) is 10.5. The molecule has 2 unspecified atom stereocenters. The van der Waals surface area contributed by atoms with E-state index in [1.807, 2.05) is 6.20 Å². The molecule has 0 amide bonds. The Bertz CT molecular complexity index is 813. The molecule has 1 heterocycles. The highest BCUT2D eigenvalue weighted by Crippen LogP contribution is 2.41. The number of aromatic nitrogens is 2. The van der Waals surface area contributed by atoms with Gasteiger partial charge in [-0.25, -0.2) is 4.98 Å². The minimum atomic E-state index is -0.00327. The molecule has 1 fully saturated rings. The van der Waals surface area contributed by atoms with Gasteiger partial charge in [0.1, 0.15) is 5.82 Å². The third-order valence-corrected chi connectivity index (χ3v) is 5.44. The van der Waals surface area contributed by atoms with Gasteiger partial charge >= 0.3 is 0 Å². The Labute approximate surface area is 168 Å². The molecular formula is C23H33N3O2. The average Bonchev–Trinajstić information content (AvgIpc) is 3.27. The average molecular weight is 384 g/mol. The summed E-state index contributed by atoms with van der Waals surface area (Å²) >= 11 is 0. The van der Waals surface area contributed by atoms with Crippen LogP contribution < -0.4 is 4.90 Å². The fourth-order valence-electron chi connectivity index (χ4n) is 4.01. The number of nitrogens with one attached hydrogen (secondary N) is 1. The van der Waals surface area contributed by atoms with Gasteiger partial charge in [0.25, 0.3) is 0 Å². The molecule has 1 aliphatic rings. The molecule has 2 atom stereocenters. The smallest absolute Gasteiger partial charge is 0.137 e. The maximum Gasteiger partial charge on any atom is 0.137 e. The molecule has 1 aromatic carbocycles. The Morgan fingerprint density at radius 3 is 2.21 bits per heavy atom. The molecule has 1 N–H and O–H groups in total. The van der Waals surface area contributed by atoms with Gasteiger partial charge in [-0.3, -0.25) is 0 Å². The van der Waals surface area contributed by atoms with Crippen LogP contribution in [0.4, 0.5) is 5.69 Å². The van der Waals surface area contributed by atoms with Gasteiger partial charge in [-0.05, 0) is 64.5 Å². The van der Waals surface area contributed by atoms with Crippen molar-refractivity contribution >= 4 is 11.3 Å². The fourth-order valence-corrected chi connectivity index (χ4v) is 4.01. The summed E-state index contributed by atoms with van der Waals surface area (Å²) in [5.74, 6) is 0.873. The van der Waals surface area contributed by atoms with Crippen molar-refractivity contribution in [3.8, 4) is 11.4 Å². The maximum absolute atomic E-state index is 5.60. The summed E-state index contributed by atoms with van der Waals surface area (Å²) in [6, 6.07) is 9.54. The first-order valence-electron chi connectivity index (χ1n) is 10.1. The van der Waals surface area contributed by atoms with E-state index < -0.39 is 0 Å². The summed E-state index contributed by atoms with van der Waals surface area (Å²) in [6.07, 6.45) is 3.07. The van der Waals surface area contributed by atoms with Crippen LogP contribution in [-0.2, 0) is 9.47 Å². The third-order valence-electron chi connectivity index (χ3n) is 5.44. The van der Waals surface area contributed by atoms with Crippen molar-refractivity contribution in [3.05, 3.63) is 41.7 Å². The number of methoxy groups -OCH3 is 2. The van der Waals surface area contributed by atoms with Crippen molar-refractivity contribution in [1.29, 1.82) is 0 Å². The largest absolute Gasteiger partial charge is 0.377 e. The molecule has 1 aromatic heterocycles. The summed E-state index contributed by atoms with van der Waals surface area (Å²) in [6.45, 7) is 11.0. The second-order valence-corrected chi connectivity index (χ2v) is 8.03. The lowest BCUT2D eigenvalue weighted by atomic mass is 10.1. The lowest BCUT2D eigenvalue weighted by molar-refractivity contribution is 0.161. The van der Waals surface area contributed by atoms with E-state index in [4.69, 9.17) is 9.47 Å². The summed E-state index contributed by atoms with van der Waals surface area (Å²) < 4.78 is 11.1. The Morgan fingerprint density at radius 1 is 1.07 bits per heavy atom. The molecule has 0 saturated heterocycles. The van der Waals surface area contributed by atoms with E-state index >= 15 is 0 Å². The minimum absolute atomic E-state index is 0.00327. The first kappa shape index (κ1) is 20.6. The number of ether oxygens (including phenoxy) is 2. The van der Waals surface area contributed by atoms with Crippen LogP contribution in [-0.4, -0.2) is 48.5 Å². The molecule has 0 bridgehead atoms. The maximum atomic E-state index is 5.60. The van der Waals surface area contributed by atoms with Crippen LogP contribution in [0.1, 0.15) is 46.7 Å². The third kappa shape index (κ3) is 4.15. The van der Waals surface area contributed by atoms with Gasteiger partial charge in [-0.15, -0.1) is 0 Å². The number of anilines is 1. The van der Waals surface area contributed by atoms with Gasteiger partial charge in [-0.1, -0.05) is 0 Å². The Balaban J connectivity index is 1.87. The minimum Gasteiger partial charge on any atom is -0.377 e. The monoisotopic (exact) mass is 383 g/mol. The zero-order valence-electron chi connectivity index (χ0n) is 18.1. The molecule has 28 heavy (non-hydrogen) atoms. The highest BCUT2D eigenvalue weighted by molar-refractivity contribution is 5.75. The van der Waals surface area contributed by atoms with E-state index in [0.717, 1.165) is 29.1 Å². The number of benzene rings is 1. The van der Waals surface area contributed by atoms with Gasteiger partial charge in [0.2, 0.25) is 0 Å². The topological polar surface area (TPSA) is 50.4 Å². The van der Waals surface area contributed by atoms with Gasteiger partial charge in [0.05, 0.1) is 24.1 Å². The molecule has 0 spiro atoms. The van der Waals surface area contributed by atoms with Gasteiger partial charge in [0.15, 0.2) is 0 Å². The molecular weight excluding hydrogens is 350 g/mol. The number of hydrogen-bond donors (Lipinski definition) is 1. The lowest BCUT2D eigenvalue weighted by Crippen LogP contribution is -2.36. The number of aromatic amines is 1. The van der Waals surface area contributed by atoms with Crippen LogP contribution in [0, 0.1) is 0 Å². The first-order chi connectivity index (χ1) is 13.4. The van der Waals surface area contributed by atoms with Crippen LogP contribution in [0.25, 0.3) is 17.0 Å². The summed E-state index contributed by atoms with van der Waals surface area (Å²) in [7, 11) is 3.49. The number of hydrogen-bond acceptors (Lipinski definition) is 4. The number of nitrogens with zero attached hydrogens (tertiary/aromatic N) is 2. The fraction of sp³-hybridized carbons (Fsp3) is 0.522. The van der Waals surface area contributed by atoms with E-state index in [0.29, 0.717) is 12.1 Å². The normalized spacial score (nSPS) is 19.2. The second-order valence-electron chi connectivity index (χ2n) is 8.03. The highest BCUT2D eigenvalue weighted by Gasteiger charge is 2.35. The van der Waals surface area contributed by atoms with E-state index in [1.165, 1.54) is 11.3 Å². The summed E-state index contributed by atoms with van der Waals surface area (Å²) in [5, 5.41) is 0. The molecule has 0 aliphatic heterocycles. The van der Waals surface area contributed by atoms with Crippen molar-refractivity contribution in [2.75, 3.05) is 19.1 Å². The van der Waals surface area contributed by atoms with E-state index in [2.05, 4.69) is 73.8 Å². The zero-order valence-corrected chi connectivity index (χ0v) is 18.1. The predicted octanol–water partition coefficient (Wildman–Crippen LogP) is 4.91. The van der Waals surface area contributed by atoms with Gasteiger partial charge in [-0.2, -0.15) is 0 Å². The van der Waals surface area contributed by atoms with E-state index in [1.54, 1.807) is 14.2 Å². The molecule has 0 radical (unpaired) electrons. The van der Waals surface area contributed by atoms with Crippen molar-refractivity contribution < 1.29 is 9.47 Å². The van der Waals surface area contributed by atoms with Crippen LogP contribution in [0.15, 0.2) is 36.0 Å². The van der Waals surface area contributed by atoms with Gasteiger partial charge in [0, 0.05) is 49.5 Å². The quantitative estimate of drug-likeness (QED) is 0.704. The van der Waals surface area contributed by atoms with Crippen LogP contribution >= 0.6 is 0 Å². The Morgan fingerprint density at radius 2 is 1.71 bits per heavy atom. The van der Waals surface area contributed by atoms with Crippen molar-refractivity contribution in [2.24, 2.45) is 0 Å². The molecule has 1 aliphatic carbocycles. The van der Waals surface area contributed by atoms with Crippen molar-refractivity contribution in [2.45, 2.75) is 65.3 Å². The number of rotatable bonds is 8. The van der Waals surface area contributed by atoms with Gasteiger partial charge < -0.3 is 19.4 Å². The summed E-state index contributed by atoms with van der Waals surface area (Å²) in [5.41, 5.74) is 5.78. The molecule has 1 saturated carbocycles. The van der Waals surface area contributed by atoms with Crippen LogP contribution in [0.5, 0.6) is 0 Å². The predicted molar refractivity (Wildman–Crippen MR) is 116 cm³/mol. The number of H-pyrrole nitrogens is 1. The SMILES string of the molecule is COC(C)C(=C1CC1OC)c1cnc(-c2ccc(N(C(C)C)C(C)C)cc2)[nH]1. The number of imidazole rings is 1. The molecule has 5 heteroatoms.